The van der Waals surface area contributed by atoms with Crippen LogP contribution in [-0.4, -0.2) is 45.4 Å². The van der Waals surface area contributed by atoms with Crippen LogP contribution in [0.5, 0.6) is 0 Å². The fourth-order valence-electron chi connectivity index (χ4n) is 5.00. The van der Waals surface area contributed by atoms with Crippen LogP contribution in [0, 0.1) is 12.8 Å². The molecule has 2 fully saturated rings. The summed E-state index contributed by atoms with van der Waals surface area (Å²) in [4.78, 5) is 31.5. The fraction of sp³-hybridized carbons (Fsp3) is 0.583. The molecule has 2 aromatic rings. The molecule has 3 aliphatic rings. The number of nitrogens with zero attached hydrogens (tertiary/aromatic N) is 5. The van der Waals surface area contributed by atoms with Crippen LogP contribution < -0.4 is 4.90 Å². The molecule has 0 N–H and O–H groups in total. The number of hydrogen-bond donors (Lipinski definition) is 0. The zero-order valence-electron chi connectivity index (χ0n) is 17.9. The lowest BCUT2D eigenvalue weighted by Gasteiger charge is -2.37. The van der Waals surface area contributed by atoms with Gasteiger partial charge in [-0.25, -0.2) is 9.97 Å². The minimum atomic E-state index is 0.295. The molecular formula is C24H31N5O. The number of aryl methyl sites for hydroxylation is 1. The van der Waals surface area contributed by atoms with Crippen molar-refractivity contribution in [2.45, 2.75) is 64.3 Å². The highest BCUT2D eigenvalue weighted by Crippen LogP contribution is 2.34. The van der Waals surface area contributed by atoms with Gasteiger partial charge in [0.05, 0.1) is 12.2 Å². The Bertz CT molecular complexity index is 903. The van der Waals surface area contributed by atoms with Crippen LogP contribution in [0.3, 0.4) is 0 Å². The van der Waals surface area contributed by atoms with Crippen LogP contribution in [0.1, 0.15) is 67.2 Å². The molecule has 158 valence electrons. The molecule has 2 aliphatic heterocycles. The lowest BCUT2D eigenvalue weighted by Crippen LogP contribution is -2.43. The highest BCUT2D eigenvalue weighted by atomic mass is 16.2. The van der Waals surface area contributed by atoms with Gasteiger partial charge in [0.1, 0.15) is 11.6 Å². The van der Waals surface area contributed by atoms with Crippen LogP contribution in [0.4, 0.5) is 5.82 Å². The number of pyridine rings is 1. The standard InChI is InChI=1S/C24H31N5O/c1-17-21-9-5-13-29(16-20-8-2-3-12-25-20)23(21)27-22(26-17)18-10-14-28(15-11-18)24(30)19-6-4-7-19/h2-3,8,12,18-19H,4-7,9-11,13-16H2,1H3. The van der Waals surface area contributed by atoms with Gasteiger partial charge in [-0.2, -0.15) is 0 Å². The summed E-state index contributed by atoms with van der Waals surface area (Å²) in [5, 5.41) is 0. The first-order valence-corrected chi connectivity index (χ1v) is 11.5. The Labute approximate surface area is 178 Å². The van der Waals surface area contributed by atoms with E-state index < -0.39 is 0 Å². The molecule has 0 spiro atoms. The number of carbonyl (C=O) groups excluding carboxylic acids is 1. The number of anilines is 1. The lowest BCUT2D eigenvalue weighted by atomic mass is 9.83. The second kappa shape index (κ2) is 8.32. The van der Waals surface area contributed by atoms with Crippen molar-refractivity contribution in [2.24, 2.45) is 5.92 Å². The second-order valence-corrected chi connectivity index (χ2v) is 9.04. The van der Waals surface area contributed by atoms with Gasteiger partial charge in [0.15, 0.2) is 0 Å². The molecule has 1 saturated heterocycles. The van der Waals surface area contributed by atoms with Crippen LogP contribution in [0.2, 0.25) is 0 Å². The normalized spacial score (nSPS) is 20.0. The number of rotatable bonds is 4. The number of likely N-dealkylation sites (tertiary alicyclic amines) is 1. The molecule has 4 heterocycles. The van der Waals surface area contributed by atoms with E-state index in [1.807, 2.05) is 18.3 Å². The highest BCUT2D eigenvalue weighted by Gasteiger charge is 2.33. The Morgan fingerprint density at radius 2 is 1.90 bits per heavy atom. The molecule has 6 heteroatoms. The van der Waals surface area contributed by atoms with Crippen LogP contribution >= 0.6 is 0 Å². The van der Waals surface area contributed by atoms with E-state index >= 15 is 0 Å². The van der Waals surface area contributed by atoms with Crippen LogP contribution in [0.15, 0.2) is 24.4 Å². The van der Waals surface area contributed by atoms with Gasteiger partial charge in [-0.1, -0.05) is 12.5 Å². The van der Waals surface area contributed by atoms with Crippen LogP contribution in [-0.2, 0) is 17.8 Å². The van der Waals surface area contributed by atoms with E-state index in [-0.39, 0.29) is 0 Å². The molecule has 1 amide bonds. The molecule has 0 atom stereocenters. The van der Waals surface area contributed by atoms with Gasteiger partial charge in [0.2, 0.25) is 5.91 Å². The Morgan fingerprint density at radius 1 is 1.07 bits per heavy atom. The first-order valence-electron chi connectivity index (χ1n) is 11.5. The average molecular weight is 406 g/mol. The summed E-state index contributed by atoms with van der Waals surface area (Å²) < 4.78 is 0. The highest BCUT2D eigenvalue weighted by molar-refractivity contribution is 5.79. The predicted octanol–water partition coefficient (Wildman–Crippen LogP) is 3.64. The van der Waals surface area contributed by atoms with Crippen molar-refractivity contribution in [3.8, 4) is 0 Å². The SMILES string of the molecule is Cc1nc(C2CCN(C(=O)C3CCC3)CC2)nc2c1CCCN2Cc1ccccn1. The number of piperidine rings is 1. The maximum absolute atomic E-state index is 12.6. The first-order chi connectivity index (χ1) is 14.7. The Morgan fingerprint density at radius 3 is 2.60 bits per heavy atom. The van der Waals surface area contributed by atoms with Crippen molar-refractivity contribution >= 4 is 11.7 Å². The van der Waals surface area contributed by atoms with Gasteiger partial charge >= 0.3 is 0 Å². The van der Waals surface area contributed by atoms with Crippen molar-refractivity contribution < 1.29 is 4.79 Å². The average Bonchev–Trinajstić information content (AvgIpc) is 2.74. The van der Waals surface area contributed by atoms with Crippen molar-refractivity contribution in [3.63, 3.8) is 0 Å². The number of amides is 1. The van der Waals surface area contributed by atoms with Crippen molar-refractivity contribution in [2.75, 3.05) is 24.5 Å². The molecule has 0 bridgehead atoms. The third kappa shape index (κ3) is 3.80. The molecule has 1 aliphatic carbocycles. The monoisotopic (exact) mass is 405 g/mol. The summed E-state index contributed by atoms with van der Waals surface area (Å²) in [5.41, 5.74) is 3.48. The number of carbonyl (C=O) groups is 1. The summed E-state index contributed by atoms with van der Waals surface area (Å²) in [6.07, 6.45) is 9.35. The van der Waals surface area contributed by atoms with Gasteiger partial charge < -0.3 is 9.80 Å². The zero-order chi connectivity index (χ0) is 20.5. The molecule has 0 aromatic carbocycles. The molecule has 0 radical (unpaired) electrons. The smallest absolute Gasteiger partial charge is 0.225 e. The van der Waals surface area contributed by atoms with E-state index in [0.29, 0.717) is 17.7 Å². The first kappa shape index (κ1) is 19.5. The summed E-state index contributed by atoms with van der Waals surface area (Å²) in [6, 6.07) is 6.08. The zero-order valence-corrected chi connectivity index (χ0v) is 17.9. The third-order valence-electron chi connectivity index (χ3n) is 7.07. The maximum Gasteiger partial charge on any atom is 0.225 e. The quantitative estimate of drug-likeness (QED) is 0.777. The lowest BCUT2D eigenvalue weighted by molar-refractivity contribution is -0.139. The largest absolute Gasteiger partial charge is 0.350 e. The molecular weight excluding hydrogens is 374 g/mol. The fourth-order valence-corrected chi connectivity index (χ4v) is 5.00. The molecule has 2 aromatic heterocycles. The van der Waals surface area contributed by atoms with Gasteiger partial charge in [0.25, 0.3) is 0 Å². The van der Waals surface area contributed by atoms with Gasteiger partial charge in [-0.3, -0.25) is 9.78 Å². The third-order valence-corrected chi connectivity index (χ3v) is 7.07. The topological polar surface area (TPSA) is 62.2 Å². The van der Waals surface area contributed by atoms with Crippen LogP contribution in [0.25, 0.3) is 0 Å². The minimum Gasteiger partial charge on any atom is -0.350 e. The van der Waals surface area contributed by atoms with Gasteiger partial charge in [-0.05, 0) is 57.6 Å². The second-order valence-electron chi connectivity index (χ2n) is 9.04. The molecule has 1 saturated carbocycles. The Hall–Kier alpha value is -2.50. The Balaban J connectivity index is 1.32. The molecule has 0 unspecified atom stereocenters. The molecule has 5 rings (SSSR count). The number of fused-ring (bicyclic) bond motifs is 1. The van der Waals surface area contributed by atoms with E-state index in [1.165, 1.54) is 12.0 Å². The minimum absolute atomic E-state index is 0.295. The van der Waals surface area contributed by atoms with E-state index in [2.05, 4.69) is 27.8 Å². The van der Waals surface area contributed by atoms with Crippen molar-refractivity contribution in [3.05, 3.63) is 47.2 Å². The number of aromatic nitrogens is 3. The van der Waals surface area contributed by atoms with Gasteiger partial charge in [-0.15, -0.1) is 0 Å². The van der Waals surface area contributed by atoms with Crippen molar-refractivity contribution in [1.82, 2.24) is 19.9 Å². The Kier molecular flexibility index (Phi) is 5.40. The maximum atomic E-state index is 12.6. The van der Waals surface area contributed by atoms with E-state index in [9.17, 15) is 4.79 Å². The number of hydrogen-bond acceptors (Lipinski definition) is 5. The predicted molar refractivity (Wildman–Crippen MR) is 116 cm³/mol. The van der Waals surface area contributed by atoms with Gasteiger partial charge in [0, 0.05) is 48.9 Å². The van der Waals surface area contributed by atoms with E-state index in [1.54, 1.807) is 0 Å². The van der Waals surface area contributed by atoms with E-state index in [4.69, 9.17) is 9.97 Å². The summed E-state index contributed by atoms with van der Waals surface area (Å²) >= 11 is 0. The summed E-state index contributed by atoms with van der Waals surface area (Å²) in [5.74, 6) is 3.09. The molecule has 6 nitrogen and oxygen atoms in total. The summed E-state index contributed by atoms with van der Waals surface area (Å²) in [6.45, 7) is 5.61. The molecule has 30 heavy (non-hydrogen) atoms. The van der Waals surface area contributed by atoms with Crippen molar-refractivity contribution in [1.29, 1.82) is 0 Å². The van der Waals surface area contributed by atoms with E-state index in [0.717, 1.165) is 87.7 Å². The summed E-state index contributed by atoms with van der Waals surface area (Å²) in [7, 11) is 0.